The number of benzene rings is 2. The Labute approximate surface area is 177 Å². The molecule has 1 aliphatic heterocycles. The number of hydrogen-bond acceptors (Lipinski definition) is 2. The fourth-order valence-electron chi connectivity index (χ4n) is 3.95. The van der Waals surface area contributed by atoms with Crippen molar-refractivity contribution in [3.63, 3.8) is 0 Å². The molecule has 1 unspecified atom stereocenters. The second-order valence-electron chi connectivity index (χ2n) is 7.99. The fourth-order valence-corrected chi connectivity index (χ4v) is 3.95. The van der Waals surface area contributed by atoms with E-state index in [4.69, 9.17) is 0 Å². The number of anilines is 1. The minimum atomic E-state index is -0.0822. The van der Waals surface area contributed by atoms with Crippen molar-refractivity contribution in [1.82, 2.24) is 4.57 Å². The van der Waals surface area contributed by atoms with Crippen LogP contribution >= 0.6 is 0 Å². The van der Waals surface area contributed by atoms with E-state index in [1.54, 1.807) is 0 Å². The number of amides is 1. The van der Waals surface area contributed by atoms with Crippen LogP contribution in [0.15, 0.2) is 71.5 Å². The van der Waals surface area contributed by atoms with Gasteiger partial charge in [-0.1, -0.05) is 49.7 Å². The van der Waals surface area contributed by atoms with Gasteiger partial charge in [0.15, 0.2) is 6.67 Å². The van der Waals surface area contributed by atoms with Crippen LogP contribution in [0.4, 0.5) is 5.69 Å². The van der Waals surface area contributed by atoms with E-state index >= 15 is 0 Å². The lowest BCUT2D eigenvalue weighted by atomic mass is 10.1. The molecule has 154 valence electrons. The van der Waals surface area contributed by atoms with Crippen LogP contribution in [0.25, 0.3) is 17.0 Å². The normalized spacial score (nSPS) is 16.5. The van der Waals surface area contributed by atoms with Crippen molar-refractivity contribution in [2.45, 2.75) is 33.4 Å². The summed E-state index contributed by atoms with van der Waals surface area (Å²) in [5, 5.41) is 7.16. The molecule has 2 aromatic carbocycles. The summed E-state index contributed by atoms with van der Waals surface area (Å²) >= 11 is 0. The minimum Gasteiger partial charge on any atom is -0.320 e. The topological polar surface area (TPSA) is 42.0 Å². The van der Waals surface area contributed by atoms with Gasteiger partial charge >= 0.3 is 0 Å². The third kappa shape index (κ3) is 3.94. The summed E-state index contributed by atoms with van der Waals surface area (Å²) in [6.45, 7) is 6.18. The lowest BCUT2D eigenvalue weighted by Gasteiger charge is -2.15. The summed E-state index contributed by atoms with van der Waals surface area (Å²) in [5.41, 5.74) is 4.43. The number of carbonyl (C=O) groups excluding carboxylic acids is 1. The zero-order chi connectivity index (χ0) is 21.1. The number of nitrogens with one attached hydrogen (secondary N) is 1. The molecule has 0 radical (unpaired) electrons. The number of rotatable bonds is 7. The molecule has 0 saturated heterocycles. The maximum atomic E-state index is 13.1. The van der Waals surface area contributed by atoms with Crippen molar-refractivity contribution >= 4 is 34.3 Å². The molecule has 2 heterocycles. The van der Waals surface area contributed by atoms with Crippen LogP contribution in [0.2, 0.25) is 0 Å². The Morgan fingerprint density at radius 2 is 1.80 bits per heavy atom. The Balaban J connectivity index is 1.68. The molecule has 1 aliphatic rings. The van der Waals surface area contributed by atoms with Crippen molar-refractivity contribution in [3.8, 4) is 0 Å². The van der Waals surface area contributed by atoms with Crippen LogP contribution in [0.3, 0.4) is 0 Å². The zero-order valence-corrected chi connectivity index (χ0v) is 17.9. The highest BCUT2D eigenvalue weighted by molar-refractivity contribution is 6.32. The van der Waals surface area contributed by atoms with Crippen molar-refractivity contribution in [2.24, 2.45) is 5.10 Å². The molecule has 3 aromatic rings. The Bertz CT molecular complexity index is 1110. The first-order valence-corrected chi connectivity index (χ1v) is 10.6. The summed E-state index contributed by atoms with van der Waals surface area (Å²) in [4.78, 5) is 14.6. The zero-order valence-electron chi connectivity index (χ0n) is 17.9. The fraction of sp³-hybridized carbons (Fsp3) is 0.280. The highest BCUT2D eigenvalue weighted by Crippen LogP contribution is 2.28. The van der Waals surface area contributed by atoms with Crippen LogP contribution in [-0.4, -0.2) is 29.8 Å². The van der Waals surface area contributed by atoms with Gasteiger partial charge in [-0.25, -0.2) is 0 Å². The average Bonchev–Trinajstić information content (AvgIpc) is 3.25. The molecular weight excluding hydrogens is 372 g/mol. The van der Waals surface area contributed by atoms with E-state index in [9.17, 15) is 4.79 Å². The highest BCUT2D eigenvalue weighted by Gasteiger charge is 2.29. The molecular formula is C25H29N4O+. The first-order chi connectivity index (χ1) is 14.6. The van der Waals surface area contributed by atoms with Gasteiger partial charge in [0.25, 0.3) is 5.91 Å². The van der Waals surface area contributed by atoms with Gasteiger partial charge in [-0.3, -0.25) is 9.36 Å². The SMILES string of the molecule is CCCC[NH+](C)Cn1cc(/C=C2/C(=O)N(c3ccccc3)N=C2C)c2ccccc21. The number of fused-ring (bicyclic) bond motifs is 1. The lowest BCUT2D eigenvalue weighted by molar-refractivity contribution is -0.903. The summed E-state index contributed by atoms with van der Waals surface area (Å²) in [5.74, 6) is -0.0822. The predicted molar refractivity (Wildman–Crippen MR) is 124 cm³/mol. The number of quaternary nitrogens is 1. The van der Waals surface area contributed by atoms with Gasteiger partial charge in [-0.15, -0.1) is 0 Å². The Kier molecular flexibility index (Phi) is 5.81. The number of carbonyl (C=O) groups is 1. The molecule has 5 nitrogen and oxygen atoms in total. The van der Waals surface area contributed by atoms with Gasteiger partial charge in [0.2, 0.25) is 0 Å². The first kappa shape index (κ1) is 20.1. The van der Waals surface area contributed by atoms with Gasteiger partial charge in [0.05, 0.1) is 36.1 Å². The number of hydrogen-bond donors (Lipinski definition) is 1. The standard InChI is InChI=1S/C25H28N4O/c1-4-5-15-27(3)18-28-17-20(22-13-9-10-14-24(22)28)16-23-19(2)26-29(25(23)30)21-11-7-6-8-12-21/h6-14,16-17H,4-5,15,18H2,1-3H3/p+1/b23-16+. The predicted octanol–water partition coefficient (Wildman–Crippen LogP) is 3.72. The summed E-state index contributed by atoms with van der Waals surface area (Å²) < 4.78 is 2.30. The van der Waals surface area contributed by atoms with Crippen LogP contribution in [0, 0.1) is 0 Å². The van der Waals surface area contributed by atoms with E-state index in [-0.39, 0.29) is 5.91 Å². The maximum Gasteiger partial charge on any atom is 0.280 e. The maximum absolute atomic E-state index is 13.1. The van der Waals surface area contributed by atoms with Crippen LogP contribution in [0.1, 0.15) is 32.3 Å². The molecule has 0 fully saturated rings. The second-order valence-corrected chi connectivity index (χ2v) is 7.99. The van der Waals surface area contributed by atoms with Gasteiger partial charge in [0, 0.05) is 17.1 Å². The van der Waals surface area contributed by atoms with Crippen molar-refractivity contribution < 1.29 is 9.69 Å². The van der Waals surface area contributed by atoms with Gasteiger partial charge in [0.1, 0.15) is 0 Å². The van der Waals surface area contributed by atoms with E-state index in [1.165, 1.54) is 28.3 Å². The van der Waals surface area contributed by atoms with E-state index in [1.807, 2.05) is 43.3 Å². The molecule has 30 heavy (non-hydrogen) atoms. The van der Waals surface area contributed by atoms with E-state index in [0.29, 0.717) is 5.57 Å². The first-order valence-electron chi connectivity index (χ1n) is 10.6. The van der Waals surface area contributed by atoms with Gasteiger partial charge < -0.3 is 4.90 Å². The smallest absolute Gasteiger partial charge is 0.280 e. The molecule has 4 rings (SSSR count). The van der Waals surface area contributed by atoms with E-state index in [0.717, 1.165) is 35.6 Å². The number of hydrazone groups is 1. The summed E-state index contributed by atoms with van der Waals surface area (Å²) in [7, 11) is 2.23. The van der Waals surface area contributed by atoms with Gasteiger partial charge in [-0.05, 0) is 37.6 Å². The largest absolute Gasteiger partial charge is 0.320 e. The van der Waals surface area contributed by atoms with E-state index in [2.05, 4.69) is 54.1 Å². The molecule has 1 aromatic heterocycles. The third-order valence-electron chi connectivity index (χ3n) is 5.58. The Hall–Kier alpha value is -3.18. The molecule has 0 saturated carbocycles. The summed E-state index contributed by atoms with van der Waals surface area (Å²) in [6, 6.07) is 18.0. The molecule has 0 bridgehead atoms. The molecule has 1 atom stereocenters. The lowest BCUT2D eigenvalue weighted by Crippen LogP contribution is -3.08. The van der Waals surface area contributed by atoms with Crippen molar-refractivity contribution in [3.05, 3.63) is 71.9 Å². The number of para-hydroxylation sites is 2. The monoisotopic (exact) mass is 401 g/mol. The average molecular weight is 402 g/mol. The second kappa shape index (κ2) is 8.67. The number of unbranched alkanes of at least 4 members (excludes halogenated alkanes) is 1. The minimum absolute atomic E-state index is 0.0822. The molecule has 5 heteroatoms. The van der Waals surface area contributed by atoms with Crippen LogP contribution < -0.4 is 9.91 Å². The summed E-state index contributed by atoms with van der Waals surface area (Å²) in [6.07, 6.45) is 6.59. The van der Waals surface area contributed by atoms with Crippen molar-refractivity contribution in [2.75, 3.05) is 18.6 Å². The number of aromatic nitrogens is 1. The molecule has 1 amide bonds. The highest BCUT2D eigenvalue weighted by atomic mass is 16.2. The Morgan fingerprint density at radius 1 is 1.07 bits per heavy atom. The van der Waals surface area contributed by atoms with Crippen LogP contribution in [0.5, 0.6) is 0 Å². The molecule has 1 N–H and O–H groups in total. The third-order valence-corrected chi connectivity index (χ3v) is 5.58. The van der Waals surface area contributed by atoms with Crippen LogP contribution in [-0.2, 0) is 11.5 Å². The number of nitrogens with zero attached hydrogens (tertiary/aromatic N) is 3. The Morgan fingerprint density at radius 3 is 2.57 bits per heavy atom. The quantitative estimate of drug-likeness (QED) is 0.603. The van der Waals surface area contributed by atoms with Gasteiger partial charge in [-0.2, -0.15) is 10.1 Å². The van der Waals surface area contributed by atoms with E-state index < -0.39 is 0 Å². The molecule has 0 spiro atoms. The molecule has 0 aliphatic carbocycles. The van der Waals surface area contributed by atoms with Crippen molar-refractivity contribution in [1.29, 1.82) is 0 Å².